The van der Waals surface area contributed by atoms with E-state index in [4.69, 9.17) is 9.15 Å². The first-order valence-electron chi connectivity index (χ1n) is 10.7. The first kappa shape index (κ1) is 21.1. The lowest BCUT2D eigenvalue weighted by Gasteiger charge is -2.29. The number of nitrogens with zero attached hydrogens (tertiary/aromatic N) is 2. The molecule has 3 aromatic rings. The third-order valence-corrected chi connectivity index (χ3v) is 5.87. The van der Waals surface area contributed by atoms with Crippen LogP contribution in [0, 0.1) is 11.7 Å². The van der Waals surface area contributed by atoms with Gasteiger partial charge in [-0.15, -0.1) is 0 Å². The molecule has 0 aliphatic heterocycles. The quantitative estimate of drug-likeness (QED) is 0.473. The summed E-state index contributed by atoms with van der Waals surface area (Å²) in [4.78, 5) is 19.3. The molecule has 162 valence electrons. The molecule has 1 saturated carbocycles. The summed E-state index contributed by atoms with van der Waals surface area (Å²) in [6, 6.07) is 14.4. The van der Waals surface area contributed by atoms with Crippen LogP contribution >= 0.6 is 0 Å². The summed E-state index contributed by atoms with van der Waals surface area (Å²) >= 11 is 0. The number of hydrogen-bond acceptors (Lipinski definition) is 4. The minimum atomic E-state index is -0.356. The van der Waals surface area contributed by atoms with Crippen molar-refractivity contribution in [2.24, 2.45) is 5.92 Å². The molecule has 1 heterocycles. The second-order valence-corrected chi connectivity index (χ2v) is 8.05. The van der Waals surface area contributed by atoms with Gasteiger partial charge in [-0.25, -0.2) is 9.37 Å². The average Bonchev–Trinajstić information content (AvgIpc) is 3.54. The monoisotopic (exact) mass is 422 g/mol. The predicted molar refractivity (Wildman–Crippen MR) is 116 cm³/mol. The zero-order valence-electron chi connectivity index (χ0n) is 17.9. The van der Waals surface area contributed by atoms with E-state index >= 15 is 0 Å². The molecular weight excluding hydrogens is 395 g/mol. The van der Waals surface area contributed by atoms with E-state index in [0.717, 1.165) is 11.3 Å². The number of ether oxygens (including phenoxy) is 1. The van der Waals surface area contributed by atoms with Gasteiger partial charge in [-0.05, 0) is 55.5 Å². The molecule has 5 nitrogen and oxygen atoms in total. The van der Waals surface area contributed by atoms with Crippen LogP contribution in [-0.2, 0) is 17.8 Å². The Hall–Kier alpha value is -3.15. The number of methoxy groups -OCH3 is 1. The highest BCUT2D eigenvalue weighted by Gasteiger charge is 2.34. The van der Waals surface area contributed by atoms with Crippen molar-refractivity contribution in [3.8, 4) is 17.1 Å². The summed E-state index contributed by atoms with van der Waals surface area (Å²) in [5.74, 6) is 1.89. The van der Waals surface area contributed by atoms with Crippen molar-refractivity contribution in [1.29, 1.82) is 0 Å². The highest BCUT2D eigenvalue weighted by atomic mass is 19.1. The molecule has 1 aliphatic rings. The summed E-state index contributed by atoms with van der Waals surface area (Å²) in [5, 5.41) is 0. The fourth-order valence-electron chi connectivity index (χ4n) is 3.79. The zero-order valence-corrected chi connectivity index (χ0v) is 17.9. The van der Waals surface area contributed by atoms with Crippen LogP contribution in [-0.4, -0.2) is 28.9 Å². The summed E-state index contributed by atoms with van der Waals surface area (Å²) in [6.07, 6.45) is 4.52. The molecule has 0 saturated heterocycles. The maximum atomic E-state index is 14.0. The standard InChI is InChI=1S/C25H27FN2O3/c1-17(19-9-10-19)28(16-18-7-11-20(30-2)12-8-18)25(29)14-13-24-27-15-23(31-24)21-5-3-4-6-22(21)26/h3-8,11-12,15,17,19H,9-10,13-14,16H2,1-2H3. The number of aromatic nitrogens is 1. The molecule has 0 spiro atoms. The molecule has 1 aliphatic carbocycles. The lowest BCUT2D eigenvalue weighted by molar-refractivity contribution is -0.134. The van der Waals surface area contributed by atoms with E-state index in [2.05, 4.69) is 11.9 Å². The SMILES string of the molecule is COc1ccc(CN(C(=O)CCc2ncc(-c3ccccc3F)o2)C(C)C2CC2)cc1. The fraction of sp³-hybridized carbons (Fsp3) is 0.360. The van der Waals surface area contributed by atoms with Crippen molar-refractivity contribution in [3.05, 3.63) is 72.0 Å². The lowest BCUT2D eigenvalue weighted by atomic mass is 10.1. The topological polar surface area (TPSA) is 55.6 Å². The van der Waals surface area contributed by atoms with Crippen LogP contribution in [0.25, 0.3) is 11.3 Å². The van der Waals surface area contributed by atoms with E-state index < -0.39 is 0 Å². The van der Waals surface area contributed by atoms with Crippen LogP contribution in [0.2, 0.25) is 0 Å². The first-order chi connectivity index (χ1) is 15.0. The van der Waals surface area contributed by atoms with Crippen molar-refractivity contribution < 1.29 is 18.3 Å². The van der Waals surface area contributed by atoms with Crippen LogP contribution < -0.4 is 4.74 Å². The first-order valence-corrected chi connectivity index (χ1v) is 10.7. The number of hydrogen-bond donors (Lipinski definition) is 0. The van der Waals surface area contributed by atoms with Gasteiger partial charge in [0.15, 0.2) is 11.7 Å². The largest absolute Gasteiger partial charge is 0.497 e. The number of benzene rings is 2. The van der Waals surface area contributed by atoms with Crippen molar-refractivity contribution in [2.45, 2.75) is 45.2 Å². The molecule has 31 heavy (non-hydrogen) atoms. The molecule has 6 heteroatoms. The average molecular weight is 423 g/mol. The Balaban J connectivity index is 1.42. The lowest BCUT2D eigenvalue weighted by Crippen LogP contribution is -2.39. The molecule has 0 N–H and O–H groups in total. The van der Waals surface area contributed by atoms with Crippen LogP contribution in [0.4, 0.5) is 4.39 Å². The Morgan fingerprint density at radius 3 is 2.65 bits per heavy atom. The Labute approximate surface area is 181 Å². The van der Waals surface area contributed by atoms with E-state index in [9.17, 15) is 9.18 Å². The summed E-state index contributed by atoms with van der Waals surface area (Å²) in [5.41, 5.74) is 1.44. The van der Waals surface area contributed by atoms with Crippen molar-refractivity contribution in [2.75, 3.05) is 7.11 Å². The minimum absolute atomic E-state index is 0.0702. The molecule has 1 aromatic heterocycles. The van der Waals surface area contributed by atoms with E-state index in [-0.39, 0.29) is 17.8 Å². The highest BCUT2D eigenvalue weighted by Crippen LogP contribution is 2.36. The fourth-order valence-corrected chi connectivity index (χ4v) is 3.79. The third-order valence-electron chi connectivity index (χ3n) is 5.87. The van der Waals surface area contributed by atoms with E-state index in [0.29, 0.717) is 42.5 Å². The number of carbonyl (C=O) groups excluding carboxylic acids is 1. The molecule has 0 radical (unpaired) electrons. The Kier molecular flexibility index (Phi) is 6.35. The Bertz CT molecular complexity index is 1030. The molecule has 4 rings (SSSR count). The van der Waals surface area contributed by atoms with Crippen LogP contribution in [0.15, 0.2) is 59.1 Å². The van der Waals surface area contributed by atoms with Crippen molar-refractivity contribution in [1.82, 2.24) is 9.88 Å². The van der Waals surface area contributed by atoms with Gasteiger partial charge in [0.2, 0.25) is 5.91 Å². The number of rotatable bonds is 9. The van der Waals surface area contributed by atoms with Crippen molar-refractivity contribution in [3.63, 3.8) is 0 Å². The smallest absolute Gasteiger partial charge is 0.223 e. The van der Waals surface area contributed by atoms with Gasteiger partial charge in [0.05, 0.1) is 18.9 Å². The predicted octanol–water partition coefficient (Wildman–Crippen LogP) is 5.25. The van der Waals surface area contributed by atoms with Gasteiger partial charge in [-0.2, -0.15) is 0 Å². The van der Waals surface area contributed by atoms with E-state index in [1.165, 1.54) is 25.1 Å². The third kappa shape index (κ3) is 5.13. The molecule has 1 unspecified atom stereocenters. The summed E-state index contributed by atoms with van der Waals surface area (Å²) in [6.45, 7) is 2.69. The van der Waals surface area contributed by atoms with Gasteiger partial charge in [0.1, 0.15) is 11.6 Å². The van der Waals surface area contributed by atoms with E-state index in [1.54, 1.807) is 25.3 Å². The highest BCUT2D eigenvalue weighted by molar-refractivity contribution is 5.76. The summed E-state index contributed by atoms with van der Waals surface area (Å²) in [7, 11) is 1.64. The Morgan fingerprint density at radius 1 is 1.23 bits per heavy atom. The van der Waals surface area contributed by atoms with Crippen LogP contribution in [0.5, 0.6) is 5.75 Å². The molecule has 1 fully saturated rings. The molecule has 2 aromatic carbocycles. The summed E-state index contributed by atoms with van der Waals surface area (Å²) < 4.78 is 24.9. The molecule has 1 amide bonds. The minimum Gasteiger partial charge on any atom is -0.497 e. The van der Waals surface area contributed by atoms with E-state index in [1.807, 2.05) is 29.2 Å². The van der Waals surface area contributed by atoms with Crippen molar-refractivity contribution >= 4 is 5.91 Å². The Morgan fingerprint density at radius 2 is 1.97 bits per heavy atom. The van der Waals surface area contributed by atoms with Gasteiger partial charge in [-0.1, -0.05) is 24.3 Å². The van der Waals surface area contributed by atoms with Crippen LogP contribution in [0.1, 0.15) is 37.6 Å². The molecular formula is C25H27FN2O3. The number of oxazole rings is 1. The zero-order chi connectivity index (χ0) is 21.8. The number of aryl methyl sites for hydroxylation is 1. The molecule has 0 bridgehead atoms. The van der Waals surface area contributed by atoms with Gasteiger partial charge >= 0.3 is 0 Å². The van der Waals surface area contributed by atoms with Crippen LogP contribution in [0.3, 0.4) is 0 Å². The number of halogens is 1. The van der Waals surface area contributed by atoms with Gasteiger partial charge in [0, 0.05) is 25.4 Å². The second kappa shape index (κ2) is 9.33. The molecule has 1 atom stereocenters. The maximum Gasteiger partial charge on any atom is 0.223 e. The number of carbonyl (C=O) groups is 1. The number of amides is 1. The van der Waals surface area contributed by atoms with Gasteiger partial charge in [0.25, 0.3) is 0 Å². The maximum absolute atomic E-state index is 14.0. The normalized spacial score (nSPS) is 14.3. The van der Waals surface area contributed by atoms with Gasteiger partial charge in [-0.3, -0.25) is 4.79 Å². The second-order valence-electron chi connectivity index (χ2n) is 8.05. The van der Waals surface area contributed by atoms with Gasteiger partial charge < -0.3 is 14.1 Å².